The molecule has 1 aromatic rings. The zero-order chi connectivity index (χ0) is 13.9. The monoisotopic (exact) mass is 262 g/mol. The van der Waals surface area contributed by atoms with Crippen LogP contribution in [0.5, 0.6) is 5.75 Å². The fraction of sp³-hybridized carbons (Fsp3) is 0.667. The van der Waals surface area contributed by atoms with Crippen LogP contribution in [0, 0.1) is 0 Å². The third-order valence-electron chi connectivity index (χ3n) is 3.94. The van der Waals surface area contributed by atoms with Gasteiger partial charge in [0, 0.05) is 0 Å². The van der Waals surface area contributed by atoms with Crippen molar-refractivity contribution >= 4 is 0 Å². The summed E-state index contributed by atoms with van der Waals surface area (Å²) in [5.74, 6) is 1.03. The summed E-state index contributed by atoms with van der Waals surface area (Å²) in [5.41, 5.74) is 1.16. The number of phenolic OH excluding ortho intramolecular Hbond substituents is 1. The van der Waals surface area contributed by atoms with Gasteiger partial charge in [-0.1, -0.05) is 77.0 Å². The molecule has 0 aliphatic heterocycles. The van der Waals surface area contributed by atoms with Crippen molar-refractivity contribution in [1.82, 2.24) is 0 Å². The van der Waals surface area contributed by atoms with E-state index in [1.807, 2.05) is 18.2 Å². The van der Waals surface area contributed by atoms with E-state index in [0.29, 0.717) is 11.7 Å². The van der Waals surface area contributed by atoms with Gasteiger partial charge in [-0.05, 0) is 30.4 Å². The molecule has 1 atom stereocenters. The maximum atomic E-state index is 10.0. The summed E-state index contributed by atoms with van der Waals surface area (Å²) < 4.78 is 0. The van der Waals surface area contributed by atoms with Crippen molar-refractivity contribution < 1.29 is 5.11 Å². The van der Waals surface area contributed by atoms with E-state index in [4.69, 9.17) is 0 Å². The quantitative estimate of drug-likeness (QED) is 0.511. The Balaban J connectivity index is 2.49. The van der Waals surface area contributed by atoms with Gasteiger partial charge in [-0.2, -0.15) is 0 Å². The molecule has 0 aromatic heterocycles. The number of aromatic hydroxyl groups is 1. The van der Waals surface area contributed by atoms with Crippen molar-refractivity contribution in [3.05, 3.63) is 29.8 Å². The van der Waals surface area contributed by atoms with Gasteiger partial charge in [0.15, 0.2) is 0 Å². The summed E-state index contributed by atoms with van der Waals surface area (Å²) in [6.45, 7) is 4.50. The third kappa shape index (κ3) is 6.13. The molecule has 1 nitrogen and oxygen atoms in total. The SMILES string of the molecule is CCCCCCCC(CCCC)c1ccccc1O. The van der Waals surface area contributed by atoms with E-state index < -0.39 is 0 Å². The van der Waals surface area contributed by atoms with Gasteiger partial charge in [0.05, 0.1) is 0 Å². The Kier molecular flexibility index (Phi) is 8.36. The van der Waals surface area contributed by atoms with Crippen LogP contribution >= 0.6 is 0 Å². The molecular weight excluding hydrogens is 232 g/mol. The summed E-state index contributed by atoms with van der Waals surface area (Å²) in [6.07, 6.45) is 11.6. The molecule has 0 bridgehead atoms. The first kappa shape index (κ1) is 16.1. The van der Waals surface area contributed by atoms with E-state index in [-0.39, 0.29) is 0 Å². The van der Waals surface area contributed by atoms with Crippen molar-refractivity contribution in [2.75, 3.05) is 0 Å². The summed E-state index contributed by atoms with van der Waals surface area (Å²) in [7, 11) is 0. The molecule has 1 heteroatoms. The molecule has 1 rings (SSSR count). The zero-order valence-electron chi connectivity index (χ0n) is 12.7. The number of para-hydroxylation sites is 1. The maximum absolute atomic E-state index is 10.0. The highest BCUT2D eigenvalue weighted by Gasteiger charge is 2.14. The fourth-order valence-corrected chi connectivity index (χ4v) is 2.73. The highest BCUT2D eigenvalue weighted by atomic mass is 16.3. The van der Waals surface area contributed by atoms with Gasteiger partial charge in [-0.25, -0.2) is 0 Å². The minimum atomic E-state index is 0.483. The predicted molar refractivity (Wildman–Crippen MR) is 83.7 cm³/mol. The lowest BCUT2D eigenvalue weighted by Crippen LogP contribution is -2.00. The largest absolute Gasteiger partial charge is 0.508 e. The molecule has 0 fully saturated rings. The van der Waals surface area contributed by atoms with E-state index >= 15 is 0 Å². The standard InChI is InChI=1S/C18H30O/c1-3-5-7-8-9-13-16(12-6-4-2)17-14-10-11-15-18(17)19/h10-11,14-16,19H,3-9,12-13H2,1-2H3. The molecule has 1 N–H and O–H groups in total. The van der Waals surface area contributed by atoms with Crippen LogP contribution in [0.1, 0.15) is 83.1 Å². The molecule has 1 unspecified atom stereocenters. The van der Waals surface area contributed by atoms with Crippen LogP contribution in [0.25, 0.3) is 0 Å². The first-order chi connectivity index (χ1) is 9.29. The molecule has 0 saturated carbocycles. The van der Waals surface area contributed by atoms with Crippen LogP contribution < -0.4 is 0 Å². The molecular formula is C18H30O. The summed E-state index contributed by atoms with van der Waals surface area (Å²) in [4.78, 5) is 0. The Morgan fingerprint density at radius 1 is 0.842 bits per heavy atom. The van der Waals surface area contributed by atoms with Crippen molar-refractivity contribution in [3.8, 4) is 5.75 Å². The van der Waals surface area contributed by atoms with E-state index in [1.54, 1.807) is 0 Å². The normalized spacial score (nSPS) is 12.5. The first-order valence-corrected chi connectivity index (χ1v) is 8.07. The zero-order valence-corrected chi connectivity index (χ0v) is 12.7. The molecule has 0 saturated heterocycles. The Labute approximate surface area is 119 Å². The number of benzene rings is 1. The molecule has 0 heterocycles. The Morgan fingerprint density at radius 3 is 2.16 bits per heavy atom. The van der Waals surface area contributed by atoms with Crippen LogP contribution in [0.4, 0.5) is 0 Å². The third-order valence-corrected chi connectivity index (χ3v) is 3.94. The van der Waals surface area contributed by atoms with E-state index in [9.17, 15) is 5.11 Å². The molecule has 108 valence electrons. The molecule has 0 radical (unpaired) electrons. The topological polar surface area (TPSA) is 20.2 Å². The lowest BCUT2D eigenvalue weighted by molar-refractivity contribution is 0.442. The number of unbranched alkanes of at least 4 members (excludes halogenated alkanes) is 5. The highest BCUT2D eigenvalue weighted by molar-refractivity contribution is 5.34. The molecule has 0 aliphatic carbocycles. The van der Waals surface area contributed by atoms with Crippen molar-refractivity contribution in [2.45, 2.75) is 77.6 Å². The van der Waals surface area contributed by atoms with Gasteiger partial charge in [-0.15, -0.1) is 0 Å². The molecule has 0 spiro atoms. The Bertz CT molecular complexity index is 332. The number of hydrogen-bond donors (Lipinski definition) is 1. The highest BCUT2D eigenvalue weighted by Crippen LogP contribution is 2.33. The smallest absolute Gasteiger partial charge is 0.119 e. The number of hydrogen-bond acceptors (Lipinski definition) is 1. The van der Waals surface area contributed by atoms with Crippen molar-refractivity contribution in [2.24, 2.45) is 0 Å². The molecule has 1 aromatic carbocycles. The van der Waals surface area contributed by atoms with Gasteiger partial charge >= 0.3 is 0 Å². The van der Waals surface area contributed by atoms with E-state index in [1.165, 1.54) is 57.8 Å². The lowest BCUT2D eigenvalue weighted by atomic mass is 9.88. The predicted octanol–water partition coefficient (Wildman–Crippen LogP) is 6.03. The first-order valence-electron chi connectivity index (χ1n) is 8.07. The summed E-state index contributed by atoms with van der Waals surface area (Å²) in [6, 6.07) is 7.88. The second-order valence-electron chi connectivity index (χ2n) is 5.60. The number of phenols is 1. The lowest BCUT2D eigenvalue weighted by Gasteiger charge is -2.18. The van der Waals surface area contributed by atoms with Crippen molar-refractivity contribution in [1.29, 1.82) is 0 Å². The van der Waals surface area contributed by atoms with Gasteiger partial charge in [-0.3, -0.25) is 0 Å². The molecule has 19 heavy (non-hydrogen) atoms. The molecule has 0 amide bonds. The maximum Gasteiger partial charge on any atom is 0.119 e. The minimum absolute atomic E-state index is 0.483. The van der Waals surface area contributed by atoms with Crippen LogP contribution in [0.15, 0.2) is 24.3 Å². The summed E-state index contributed by atoms with van der Waals surface area (Å²) >= 11 is 0. The Hall–Kier alpha value is -0.980. The van der Waals surface area contributed by atoms with Crippen LogP contribution in [0.2, 0.25) is 0 Å². The van der Waals surface area contributed by atoms with Gasteiger partial charge in [0.1, 0.15) is 5.75 Å². The Morgan fingerprint density at radius 2 is 1.47 bits per heavy atom. The number of rotatable bonds is 10. The fourth-order valence-electron chi connectivity index (χ4n) is 2.73. The van der Waals surface area contributed by atoms with Crippen molar-refractivity contribution in [3.63, 3.8) is 0 Å². The average Bonchev–Trinajstić information content (AvgIpc) is 2.43. The van der Waals surface area contributed by atoms with Crippen LogP contribution in [-0.4, -0.2) is 5.11 Å². The second kappa shape index (κ2) is 9.89. The van der Waals surface area contributed by atoms with Gasteiger partial charge < -0.3 is 5.11 Å². The van der Waals surface area contributed by atoms with Crippen LogP contribution in [-0.2, 0) is 0 Å². The molecule has 0 aliphatic rings. The average molecular weight is 262 g/mol. The summed E-state index contributed by atoms with van der Waals surface area (Å²) in [5, 5.41) is 10.0. The van der Waals surface area contributed by atoms with Crippen LogP contribution in [0.3, 0.4) is 0 Å². The van der Waals surface area contributed by atoms with Gasteiger partial charge in [0.2, 0.25) is 0 Å². The minimum Gasteiger partial charge on any atom is -0.508 e. The van der Waals surface area contributed by atoms with E-state index in [0.717, 1.165) is 5.56 Å². The van der Waals surface area contributed by atoms with E-state index in [2.05, 4.69) is 19.9 Å². The van der Waals surface area contributed by atoms with Gasteiger partial charge in [0.25, 0.3) is 0 Å². The second-order valence-corrected chi connectivity index (χ2v) is 5.60.